The summed E-state index contributed by atoms with van der Waals surface area (Å²) in [6.45, 7) is 6.13. The molecule has 2 aliphatic rings. The topological polar surface area (TPSA) is 29.5 Å². The minimum absolute atomic E-state index is 0.158. The molecule has 3 rings (SSSR count). The molecule has 112 valence electrons. The molecular formula is C18H23NO2. The largest absolute Gasteiger partial charge is 0.450 e. The molecule has 21 heavy (non-hydrogen) atoms. The first-order valence-electron chi connectivity index (χ1n) is 7.87. The van der Waals surface area contributed by atoms with E-state index in [2.05, 4.69) is 37.3 Å². The third-order valence-corrected chi connectivity index (χ3v) is 4.71. The number of carbonyl (C=O) groups is 1. The van der Waals surface area contributed by atoms with Crippen LogP contribution >= 0.6 is 0 Å². The first-order chi connectivity index (χ1) is 10.2. The monoisotopic (exact) mass is 285 g/mol. The lowest BCUT2D eigenvalue weighted by Crippen LogP contribution is -2.44. The number of hydrogen-bond acceptors (Lipinski definition) is 2. The predicted molar refractivity (Wildman–Crippen MR) is 84.0 cm³/mol. The second-order valence-electron chi connectivity index (χ2n) is 6.07. The number of likely N-dealkylation sites (tertiary alicyclic amines) is 1. The number of hydrogen-bond donors (Lipinski definition) is 0. The molecule has 1 fully saturated rings. The summed E-state index contributed by atoms with van der Waals surface area (Å²) >= 11 is 0. The lowest BCUT2D eigenvalue weighted by molar-refractivity contribution is 0.0794. The molecule has 0 unspecified atom stereocenters. The molecule has 1 amide bonds. The minimum atomic E-state index is -0.158. The number of piperidine rings is 1. The molecule has 3 nitrogen and oxygen atoms in total. The zero-order valence-corrected chi connectivity index (χ0v) is 12.8. The van der Waals surface area contributed by atoms with Gasteiger partial charge in [0, 0.05) is 13.1 Å². The van der Waals surface area contributed by atoms with Crippen LogP contribution in [0.5, 0.6) is 0 Å². The summed E-state index contributed by atoms with van der Waals surface area (Å²) in [5, 5.41) is 0. The van der Waals surface area contributed by atoms with Gasteiger partial charge in [0.25, 0.3) is 0 Å². The van der Waals surface area contributed by atoms with Crippen LogP contribution in [-0.4, -0.2) is 30.7 Å². The average Bonchev–Trinajstić information content (AvgIpc) is 2.63. The van der Waals surface area contributed by atoms with Gasteiger partial charge in [0.15, 0.2) is 0 Å². The van der Waals surface area contributed by atoms with Gasteiger partial charge in [0.1, 0.15) is 0 Å². The molecule has 0 spiro atoms. The number of fused-ring (bicyclic) bond motifs is 2. The van der Waals surface area contributed by atoms with Crippen LogP contribution in [0.3, 0.4) is 0 Å². The molecule has 3 heteroatoms. The van der Waals surface area contributed by atoms with Crippen LogP contribution in [0, 0.1) is 11.8 Å². The standard InChI is InChI=1S/C18H23NO2/c1-3-21-18(20)19-9-8-14-10-13(2)17-7-5-4-6-15(17)11-16(14)12-19/h4-7,10,14,16H,3,8-9,11-12H2,1-2H3/t14-,16+/m0/s1. The van der Waals surface area contributed by atoms with Gasteiger partial charge < -0.3 is 9.64 Å². The number of nitrogens with zero attached hydrogens (tertiary/aromatic N) is 1. The Morgan fingerprint density at radius 1 is 1.38 bits per heavy atom. The van der Waals surface area contributed by atoms with Crippen molar-refractivity contribution in [1.29, 1.82) is 0 Å². The molecule has 1 aliphatic carbocycles. The van der Waals surface area contributed by atoms with E-state index in [1.807, 2.05) is 11.8 Å². The van der Waals surface area contributed by atoms with E-state index in [1.54, 1.807) is 0 Å². The van der Waals surface area contributed by atoms with Gasteiger partial charge in [-0.15, -0.1) is 0 Å². The molecule has 0 aromatic heterocycles. The smallest absolute Gasteiger partial charge is 0.409 e. The summed E-state index contributed by atoms with van der Waals surface area (Å²) in [5.41, 5.74) is 4.15. The van der Waals surface area contributed by atoms with E-state index in [0.29, 0.717) is 18.4 Å². The fourth-order valence-corrected chi connectivity index (χ4v) is 3.64. The molecule has 1 saturated heterocycles. The Kier molecular flexibility index (Phi) is 4.00. The maximum absolute atomic E-state index is 12.0. The average molecular weight is 285 g/mol. The number of benzene rings is 1. The van der Waals surface area contributed by atoms with Crippen molar-refractivity contribution < 1.29 is 9.53 Å². The summed E-state index contributed by atoms with van der Waals surface area (Å²) < 4.78 is 5.15. The SMILES string of the molecule is CCOC(=O)N1CC[C@H]2C=C(C)c3ccccc3C[C@@H]2C1. The molecule has 0 saturated carbocycles. The van der Waals surface area contributed by atoms with Crippen LogP contribution in [-0.2, 0) is 11.2 Å². The van der Waals surface area contributed by atoms with Crippen molar-refractivity contribution in [2.45, 2.75) is 26.7 Å². The highest BCUT2D eigenvalue weighted by Crippen LogP contribution is 2.35. The summed E-state index contributed by atoms with van der Waals surface area (Å²) in [4.78, 5) is 13.8. The number of allylic oxidation sites excluding steroid dienone is 2. The Balaban J connectivity index is 1.82. The lowest BCUT2D eigenvalue weighted by Gasteiger charge is -2.36. The molecular weight excluding hydrogens is 262 g/mol. The summed E-state index contributed by atoms with van der Waals surface area (Å²) in [7, 11) is 0. The normalized spacial score (nSPS) is 24.5. The van der Waals surface area contributed by atoms with Crippen LogP contribution in [0.25, 0.3) is 5.57 Å². The maximum atomic E-state index is 12.0. The maximum Gasteiger partial charge on any atom is 0.409 e. The molecule has 1 aromatic rings. The molecule has 2 atom stereocenters. The highest BCUT2D eigenvalue weighted by molar-refractivity contribution is 5.69. The van der Waals surface area contributed by atoms with Crippen molar-refractivity contribution in [2.24, 2.45) is 11.8 Å². The Morgan fingerprint density at radius 2 is 2.19 bits per heavy atom. The second kappa shape index (κ2) is 5.92. The Bertz CT molecular complexity index is 564. The quantitative estimate of drug-likeness (QED) is 0.786. The predicted octanol–water partition coefficient (Wildman–Crippen LogP) is 3.74. The summed E-state index contributed by atoms with van der Waals surface area (Å²) in [5.74, 6) is 1.07. The van der Waals surface area contributed by atoms with E-state index in [0.717, 1.165) is 25.9 Å². The van der Waals surface area contributed by atoms with E-state index < -0.39 is 0 Å². The molecule has 0 N–H and O–H groups in total. The lowest BCUT2D eigenvalue weighted by atomic mass is 9.82. The molecule has 1 aliphatic heterocycles. The van der Waals surface area contributed by atoms with Gasteiger partial charge in [-0.1, -0.05) is 30.3 Å². The van der Waals surface area contributed by atoms with Crippen molar-refractivity contribution >= 4 is 11.7 Å². The van der Waals surface area contributed by atoms with Crippen LogP contribution in [0.4, 0.5) is 4.79 Å². The van der Waals surface area contributed by atoms with Crippen molar-refractivity contribution in [3.8, 4) is 0 Å². The number of ether oxygens (including phenoxy) is 1. The summed E-state index contributed by atoms with van der Waals surface area (Å²) in [6.07, 6.45) is 4.34. The Hall–Kier alpha value is -1.77. The third-order valence-electron chi connectivity index (χ3n) is 4.71. The fourth-order valence-electron chi connectivity index (χ4n) is 3.64. The minimum Gasteiger partial charge on any atom is -0.450 e. The van der Waals surface area contributed by atoms with Gasteiger partial charge in [-0.05, 0) is 55.2 Å². The van der Waals surface area contributed by atoms with E-state index in [9.17, 15) is 4.79 Å². The Labute approximate surface area is 126 Å². The van der Waals surface area contributed by atoms with Gasteiger partial charge in [-0.25, -0.2) is 4.79 Å². The van der Waals surface area contributed by atoms with Crippen LogP contribution in [0.15, 0.2) is 30.3 Å². The van der Waals surface area contributed by atoms with E-state index in [-0.39, 0.29) is 6.09 Å². The van der Waals surface area contributed by atoms with Crippen molar-refractivity contribution in [3.63, 3.8) is 0 Å². The molecule has 1 heterocycles. The van der Waals surface area contributed by atoms with E-state index in [4.69, 9.17) is 4.74 Å². The van der Waals surface area contributed by atoms with Gasteiger partial charge in [0.2, 0.25) is 0 Å². The van der Waals surface area contributed by atoms with Crippen molar-refractivity contribution in [1.82, 2.24) is 4.90 Å². The molecule has 0 radical (unpaired) electrons. The van der Waals surface area contributed by atoms with Gasteiger partial charge >= 0.3 is 6.09 Å². The van der Waals surface area contributed by atoms with Crippen molar-refractivity contribution in [3.05, 3.63) is 41.5 Å². The van der Waals surface area contributed by atoms with Gasteiger partial charge in [-0.3, -0.25) is 0 Å². The van der Waals surface area contributed by atoms with E-state index >= 15 is 0 Å². The first-order valence-corrected chi connectivity index (χ1v) is 7.87. The summed E-state index contributed by atoms with van der Waals surface area (Å²) in [6, 6.07) is 8.65. The second-order valence-corrected chi connectivity index (χ2v) is 6.07. The number of carbonyl (C=O) groups excluding carboxylic acids is 1. The van der Waals surface area contributed by atoms with Gasteiger partial charge in [0.05, 0.1) is 6.61 Å². The van der Waals surface area contributed by atoms with Crippen LogP contribution in [0.1, 0.15) is 31.4 Å². The fraction of sp³-hybridized carbons (Fsp3) is 0.500. The third kappa shape index (κ3) is 2.82. The highest BCUT2D eigenvalue weighted by Gasteiger charge is 2.33. The van der Waals surface area contributed by atoms with Crippen LogP contribution < -0.4 is 0 Å². The first kappa shape index (κ1) is 14.2. The Morgan fingerprint density at radius 3 is 3.00 bits per heavy atom. The van der Waals surface area contributed by atoms with E-state index in [1.165, 1.54) is 16.7 Å². The molecule has 1 aromatic carbocycles. The van der Waals surface area contributed by atoms with Crippen LogP contribution in [0.2, 0.25) is 0 Å². The van der Waals surface area contributed by atoms with Crippen molar-refractivity contribution in [2.75, 3.05) is 19.7 Å². The molecule has 0 bridgehead atoms. The number of rotatable bonds is 1. The van der Waals surface area contributed by atoms with Gasteiger partial charge in [-0.2, -0.15) is 0 Å². The zero-order chi connectivity index (χ0) is 14.8. The highest BCUT2D eigenvalue weighted by atomic mass is 16.6. The number of amides is 1. The zero-order valence-electron chi connectivity index (χ0n) is 12.8.